The van der Waals surface area contributed by atoms with Crippen LogP contribution in [0, 0.1) is 0 Å². The van der Waals surface area contributed by atoms with Crippen molar-refractivity contribution in [2.24, 2.45) is 0 Å². The number of rotatable bonds is 6. The van der Waals surface area contributed by atoms with E-state index in [0.29, 0.717) is 17.0 Å². The van der Waals surface area contributed by atoms with Crippen LogP contribution in [0.15, 0.2) is 48.5 Å². The highest BCUT2D eigenvalue weighted by Gasteiger charge is 2.29. The summed E-state index contributed by atoms with van der Waals surface area (Å²) in [5, 5.41) is 15.7. The van der Waals surface area contributed by atoms with Crippen LogP contribution in [0.1, 0.15) is 59.5 Å². The van der Waals surface area contributed by atoms with Crippen LogP contribution in [0.5, 0.6) is 5.75 Å². The zero-order valence-electron chi connectivity index (χ0n) is 18.7. The van der Waals surface area contributed by atoms with Crippen LogP contribution in [0.4, 0.5) is 0 Å². The predicted molar refractivity (Wildman–Crippen MR) is 121 cm³/mol. The number of benzene rings is 2. The Hall–Kier alpha value is -3.12. The Morgan fingerprint density at radius 2 is 1.87 bits per heavy atom. The molecule has 0 atom stereocenters. The third-order valence-electron chi connectivity index (χ3n) is 5.27. The van der Waals surface area contributed by atoms with E-state index >= 15 is 0 Å². The van der Waals surface area contributed by atoms with Crippen molar-refractivity contribution in [3.63, 3.8) is 0 Å². The first-order chi connectivity index (χ1) is 14.5. The van der Waals surface area contributed by atoms with Crippen LogP contribution in [-0.4, -0.2) is 41.6 Å². The van der Waals surface area contributed by atoms with Crippen LogP contribution in [0.25, 0.3) is 5.70 Å². The highest BCUT2D eigenvalue weighted by molar-refractivity contribution is 6.15. The molecule has 0 fully saturated rings. The summed E-state index contributed by atoms with van der Waals surface area (Å²) in [4.78, 5) is 26.1. The summed E-state index contributed by atoms with van der Waals surface area (Å²) in [7, 11) is 1.61. The van der Waals surface area contributed by atoms with Crippen LogP contribution in [-0.2, 0) is 6.42 Å². The number of ether oxygens (including phenoxy) is 1. The van der Waals surface area contributed by atoms with Gasteiger partial charge in [0.05, 0.1) is 24.8 Å². The lowest BCUT2D eigenvalue weighted by molar-refractivity contribution is 0.0863. The van der Waals surface area contributed by atoms with Crippen molar-refractivity contribution < 1.29 is 19.4 Å². The van der Waals surface area contributed by atoms with Gasteiger partial charge in [0.2, 0.25) is 0 Å². The van der Waals surface area contributed by atoms with E-state index in [9.17, 15) is 14.7 Å². The van der Waals surface area contributed by atoms with Crippen LogP contribution in [0.2, 0.25) is 0 Å². The van der Waals surface area contributed by atoms with Crippen molar-refractivity contribution in [2.75, 3.05) is 13.7 Å². The lowest BCUT2D eigenvalue weighted by Gasteiger charge is -2.35. The van der Waals surface area contributed by atoms with E-state index in [0.717, 1.165) is 17.5 Å². The monoisotopic (exact) mass is 422 g/mol. The molecule has 164 valence electrons. The quantitative estimate of drug-likeness (QED) is 0.491. The molecule has 0 saturated carbocycles. The van der Waals surface area contributed by atoms with Crippen molar-refractivity contribution in [3.8, 4) is 5.75 Å². The maximum atomic E-state index is 13.3. The number of ketones is 1. The van der Waals surface area contributed by atoms with Gasteiger partial charge in [-0.15, -0.1) is 0 Å². The van der Waals surface area contributed by atoms with Crippen molar-refractivity contribution >= 4 is 17.4 Å². The van der Waals surface area contributed by atoms with Gasteiger partial charge in [-0.3, -0.25) is 9.59 Å². The molecule has 0 aliphatic carbocycles. The highest BCUT2D eigenvalue weighted by Crippen LogP contribution is 2.32. The number of aliphatic hydroxyl groups excluding tert-OH is 1. The number of amides is 1. The molecule has 3 rings (SSSR count). The molecule has 6 heteroatoms. The molecule has 2 aromatic carbocycles. The van der Waals surface area contributed by atoms with Gasteiger partial charge in [0.1, 0.15) is 5.75 Å². The third kappa shape index (κ3) is 5.14. The maximum absolute atomic E-state index is 13.3. The average Bonchev–Trinajstić information content (AvgIpc) is 2.72. The Kier molecular flexibility index (Phi) is 6.23. The summed E-state index contributed by atoms with van der Waals surface area (Å²) < 4.78 is 5.36. The molecule has 0 bridgehead atoms. The zero-order chi connectivity index (χ0) is 22.8. The van der Waals surface area contributed by atoms with E-state index in [2.05, 4.69) is 24.5 Å². The van der Waals surface area contributed by atoms with Gasteiger partial charge in [0.25, 0.3) is 5.91 Å². The smallest absolute Gasteiger partial charge is 0.252 e. The minimum absolute atomic E-state index is 0.212. The fourth-order valence-electron chi connectivity index (χ4n) is 3.67. The first-order valence-corrected chi connectivity index (χ1v) is 10.3. The first-order valence-electron chi connectivity index (χ1n) is 10.3. The summed E-state index contributed by atoms with van der Waals surface area (Å²) in [6.07, 6.45) is 2.36. The lowest BCUT2D eigenvalue weighted by atomic mass is 9.85. The molecule has 3 N–H and O–H groups in total. The van der Waals surface area contributed by atoms with Crippen LogP contribution in [0.3, 0.4) is 0 Å². The number of fused-ring (bicyclic) bond motifs is 1. The molecular formula is C25H30N2O4. The molecule has 1 aliphatic rings. The Bertz CT molecular complexity index is 1040. The number of hydrogen-bond acceptors (Lipinski definition) is 5. The summed E-state index contributed by atoms with van der Waals surface area (Å²) in [6, 6.07) is 12.6. The predicted octanol–water partition coefficient (Wildman–Crippen LogP) is 3.34. The van der Waals surface area contributed by atoms with Gasteiger partial charge in [-0.25, -0.2) is 0 Å². The van der Waals surface area contributed by atoms with Gasteiger partial charge in [-0.2, -0.15) is 0 Å². The molecule has 1 aliphatic heterocycles. The molecule has 0 unspecified atom stereocenters. The van der Waals surface area contributed by atoms with E-state index < -0.39 is 11.4 Å². The molecule has 0 aromatic heterocycles. The number of allylic oxidation sites excluding steroid dienone is 1. The minimum Gasteiger partial charge on any atom is -0.497 e. The summed E-state index contributed by atoms with van der Waals surface area (Å²) in [6.45, 7) is 7.38. The standard InChI is InChI=1S/C25H30N2O4/c1-24(2)14-16-10-11-17(31-5)12-20(16)21(26-24)13-22(29)18-8-6-7-9-19(18)23(30)27-25(3,4)15-28/h6-13,26,28H,14-15H2,1-5H3,(H,27,30)/b21-13-. The van der Waals surface area contributed by atoms with E-state index in [-0.39, 0.29) is 23.5 Å². The van der Waals surface area contributed by atoms with Crippen molar-refractivity contribution in [1.29, 1.82) is 0 Å². The van der Waals surface area contributed by atoms with E-state index in [4.69, 9.17) is 4.74 Å². The second-order valence-electron chi connectivity index (χ2n) is 9.17. The van der Waals surface area contributed by atoms with Crippen LogP contribution >= 0.6 is 0 Å². The number of methoxy groups -OCH3 is 1. The van der Waals surface area contributed by atoms with Crippen molar-refractivity contribution in [2.45, 2.75) is 45.2 Å². The first kappa shape index (κ1) is 22.6. The lowest BCUT2D eigenvalue weighted by Crippen LogP contribution is -2.46. The number of carbonyl (C=O) groups is 2. The van der Waals surface area contributed by atoms with E-state index in [1.165, 1.54) is 0 Å². The largest absolute Gasteiger partial charge is 0.497 e. The van der Waals surface area contributed by atoms with Gasteiger partial charge < -0.3 is 20.5 Å². The Labute approximate surface area is 183 Å². The molecule has 0 saturated heterocycles. The normalized spacial score (nSPS) is 16.3. The number of hydrogen-bond donors (Lipinski definition) is 3. The Balaban J connectivity index is 2.01. The molecule has 0 radical (unpaired) electrons. The molecule has 2 aromatic rings. The van der Waals surface area contributed by atoms with Gasteiger partial charge in [-0.1, -0.05) is 24.3 Å². The average molecular weight is 423 g/mol. The maximum Gasteiger partial charge on any atom is 0.252 e. The summed E-state index contributed by atoms with van der Waals surface area (Å²) >= 11 is 0. The molecular weight excluding hydrogens is 392 g/mol. The number of aliphatic hydroxyl groups is 1. The van der Waals surface area contributed by atoms with Crippen LogP contribution < -0.4 is 15.4 Å². The van der Waals surface area contributed by atoms with Crippen molar-refractivity contribution in [1.82, 2.24) is 10.6 Å². The third-order valence-corrected chi connectivity index (χ3v) is 5.27. The molecule has 31 heavy (non-hydrogen) atoms. The number of carbonyl (C=O) groups excluding carboxylic acids is 2. The fraction of sp³-hybridized carbons (Fsp3) is 0.360. The minimum atomic E-state index is -0.795. The Morgan fingerprint density at radius 3 is 2.52 bits per heavy atom. The van der Waals surface area contributed by atoms with E-state index in [1.807, 2.05) is 18.2 Å². The Morgan fingerprint density at radius 1 is 1.19 bits per heavy atom. The molecule has 1 heterocycles. The van der Waals surface area contributed by atoms with Gasteiger partial charge in [0.15, 0.2) is 5.78 Å². The summed E-state index contributed by atoms with van der Waals surface area (Å²) in [5.41, 5.74) is 2.28. The van der Waals surface area contributed by atoms with E-state index in [1.54, 1.807) is 51.3 Å². The fourth-order valence-corrected chi connectivity index (χ4v) is 3.67. The molecule has 0 spiro atoms. The summed E-state index contributed by atoms with van der Waals surface area (Å²) in [5.74, 6) is 0.0338. The second kappa shape index (κ2) is 8.55. The SMILES string of the molecule is COc1ccc2c(c1)/C(=C/C(=O)c1ccccc1C(=O)NC(C)(C)CO)NC(C)(C)C2. The molecule has 6 nitrogen and oxygen atoms in total. The highest BCUT2D eigenvalue weighted by atomic mass is 16.5. The van der Waals surface area contributed by atoms with Gasteiger partial charge >= 0.3 is 0 Å². The topological polar surface area (TPSA) is 87.7 Å². The zero-order valence-corrected chi connectivity index (χ0v) is 18.7. The van der Waals surface area contributed by atoms with Crippen molar-refractivity contribution in [3.05, 3.63) is 70.8 Å². The number of nitrogens with one attached hydrogen (secondary N) is 2. The second-order valence-corrected chi connectivity index (χ2v) is 9.17. The van der Waals surface area contributed by atoms with Gasteiger partial charge in [-0.05, 0) is 57.9 Å². The van der Waals surface area contributed by atoms with Gasteiger partial charge in [0, 0.05) is 28.4 Å². The molecule has 1 amide bonds.